The Kier molecular flexibility index (Phi) is 2.93. The summed E-state index contributed by atoms with van der Waals surface area (Å²) in [6, 6.07) is 4.19. The highest BCUT2D eigenvalue weighted by Gasteiger charge is 2.09. The summed E-state index contributed by atoms with van der Waals surface area (Å²) in [6.07, 6.45) is 8.59. The van der Waals surface area contributed by atoms with Crippen molar-refractivity contribution in [2.45, 2.75) is 19.4 Å². The van der Waals surface area contributed by atoms with Crippen LogP contribution in [0.4, 0.5) is 0 Å². The third kappa shape index (κ3) is 2.52. The Balaban J connectivity index is 1.90. The van der Waals surface area contributed by atoms with Crippen molar-refractivity contribution in [3.63, 3.8) is 0 Å². The molecule has 1 saturated heterocycles. The zero-order valence-electron chi connectivity index (χ0n) is 7.82. The normalized spacial score (nSPS) is 18.8. The summed E-state index contributed by atoms with van der Waals surface area (Å²) in [6.45, 7) is 3.50. The molecule has 0 bridgehead atoms. The van der Waals surface area contributed by atoms with Gasteiger partial charge in [-0.3, -0.25) is 9.88 Å². The summed E-state index contributed by atoms with van der Waals surface area (Å²) in [5.74, 6) is 0. The molecule has 2 heteroatoms. The molecule has 0 aromatic carbocycles. The molecule has 0 aliphatic carbocycles. The second kappa shape index (κ2) is 4.38. The van der Waals surface area contributed by atoms with Gasteiger partial charge in [0, 0.05) is 18.9 Å². The van der Waals surface area contributed by atoms with Gasteiger partial charge in [0.2, 0.25) is 0 Å². The molecule has 1 aliphatic heterocycles. The van der Waals surface area contributed by atoms with Crippen LogP contribution >= 0.6 is 0 Å². The van der Waals surface area contributed by atoms with Crippen molar-refractivity contribution in [1.82, 2.24) is 9.88 Å². The number of hydrogen-bond donors (Lipinski definition) is 0. The fourth-order valence-corrected chi connectivity index (χ4v) is 1.71. The van der Waals surface area contributed by atoms with E-state index in [-0.39, 0.29) is 0 Å². The molecule has 2 rings (SSSR count). The number of hydrogen-bond acceptors (Lipinski definition) is 2. The van der Waals surface area contributed by atoms with Gasteiger partial charge in [-0.25, -0.2) is 0 Å². The summed E-state index contributed by atoms with van der Waals surface area (Å²) in [4.78, 5) is 6.51. The molecule has 1 aromatic heterocycles. The van der Waals surface area contributed by atoms with Gasteiger partial charge in [-0.1, -0.05) is 0 Å². The van der Waals surface area contributed by atoms with Gasteiger partial charge in [-0.2, -0.15) is 0 Å². The lowest BCUT2D eigenvalue weighted by atomic mass is 10.1. The molecule has 2 nitrogen and oxygen atoms in total. The second-order valence-corrected chi connectivity index (χ2v) is 3.50. The van der Waals surface area contributed by atoms with Crippen molar-refractivity contribution < 1.29 is 0 Å². The van der Waals surface area contributed by atoms with Gasteiger partial charge in [-0.05, 0) is 50.0 Å². The van der Waals surface area contributed by atoms with Crippen molar-refractivity contribution in [3.05, 3.63) is 36.5 Å². The van der Waals surface area contributed by atoms with Crippen LogP contribution in [-0.2, 0) is 6.54 Å². The van der Waals surface area contributed by atoms with E-state index >= 15 is 0 Å². The maximum Gasteiger partial charge on any atom is 0.0271 e. The van der Waals surface area contributed by atoms with Gasteiger partial charge in [0.1, 0.15) is 0 Å². The molecule has 0 unspecified atom stereocenters. The van der Waals surface area contributed by atoms with Crippen molar-refractivity contribution in [3.8, 4) is 0 Å². The van der Waals surface area contributed by atoms with Gasteiger partial charge >= 0.3 is 0 Å². The molecule has 13 heavy (non-hydrogen) atoms. The summed E-state index contributed by atoms with van der Waals surface area (Å²) in [5.41, 5.74) is 1.37. The maximum atomic E-state index is 4.01. The van der Waals surface area contributed by atoms with Gasteiger partial charge in [0.05, 0.1) is 0 Å². The van der Waals surface area contributed by atoms with Crippen molar-refractivity contribution in [2.24, 2.45) is 0 Å². The second-order valence-electron chi connectivity index (χ2n) is 3.50. The molecule has 0 amide bonds. The monoisotopic (exact) mass is 175 g/mol. The number of piperidine rings is 1. The first kappa shape index (κ1) is 8.70. The van der Waals surface area contributed by atoms with Crippen molar-refractivity contribution in [2.75, 3.05) is 13.1 Å². The van der Waals surface area contributed by atoms with E-state index < -0.39 is 0 Å². The number of likely N-dealkylation sites (tertiary alicyclic amines) is 1. The average Bonchev–Trinajstić information content (AvgIpc) is 2.21. The van der Waals surface area contributed by atoms with Gasteiger partial charge < -0.3 is 0 Å². The predicted molar refractivity (Wildman–Crippen MR) is 53.0 cm³/mol. The minimum absolute atomic E-state index is 1.08. The largest absolute Gasteiger partial charge is 0.299 e. The summed E-state index contributed by atoms with van der Waals surface area (Å²) in [5, 5.41) is 0. The molecular weight excluding hydrogens is 160 g/mol. The predicted octanol–water partition coefficient (Wildman–Crippen LogP) is 1.88. The van der Waals surface area contributed by atoms with Crippen molar-refractivity contribution >= 4 is 0 Å². The first-order chi connectivity index (χ1) is 6.45. The molecule has 1 radical (unpaired) electrons. The fourth-order valence-electron chi connectivity index (χ4n) is 1.71. The van der Waals surface area contributed by atoms with Gasteiger partial charge in [-0.15, -0.1) is 0 Å². The van der Waals surface area contributed by atoms with Crippen LogP contribution < -0.4 is 0 Å². The fraction of sp³-hybridized carbons (Fsp3) is 0.455. The third-order valence-corrected chi connectivity index (χ3v) is 2.45. The quantitative estimate of drug-likeness (QED) is 0.682. The van der Waals surface area contributed by atoms with Crippen LogP contribution in [0.15, 0.2) is 24.5 Å². The molecule has 0 spiro atoms. The summed E-state index contributed by atoms with van der Waals surface area (Å²) in [7, 11) is 0. The first-order valence-electron chi connectivity index (χ1n) is 4.88. The van der Waals surface area contributed by atoms with E-state index in [2.05, 4.69) is 28.4 Å². The van der Waals surface area contributed by atoms with Gasteiger partial charge in [0.15, 0.2) is 0 Å². The maximum absolute atomic E-state index is 4.01. The zero-order valence-corrected chi connectivity index (χ0v) is 7.82. The van der Waals surface area contributed by atoms with Crippen molar-refractivity contribution in [1.29, 1.82) is 0 Å². The van der Waals surface area contributed by atoms with E-state index in [1.807, 2.05) is 12.4 Å². The highest BCUT2D eigenvalue weighted by atomic mass is 15.1. The molecular formula is C11H15N2. The highest BCUT2D eigenvalue weighted by molar-refractivity contribution is 5.09. The minimum atomic E-state index is 1.08. The standard InChI is InChI=1S/C11H15N2/c1-2-8-13(9-3-1)10-11-4-6-12-7-5-11/h1,4-7H,2-3,8-10H2. The zero-order chi connectivity index (χ0) is 8.93. The lowest BCUT2D eigenvalue weighted by Gasteiger charge is -2.26. The summed E-state index contributed by atoms with van der Waals surface area (Å²) >= 11 is 0. The molecule has 69 valence electrons. The van der Waals surface area contributed by atoms with E-state index in [4.69, 9.17) is 0 Å². The van der Waals surface area contributed by atoms with E-state index in [0.29, 0.717) is 0 Å². The average molecular weight is 175 g/mol. The van der Waals surface area contributed by atoms with E-state index in [1.165, 1.54) is 31.5 Å². The molecule has 0 atom stereocenters. The Labute approximate surface area is 79.6 Å². The molecule has 0 saturated carbocycles. The smallest absolute Gasteiger partial charge is 0.0271 e. The number of pyridine rings is 1. The Morgan fingerprint density at radius 2 is 1.85 bits per heavy atom. The molecule has 1 aliphatic rings. The number of nitrogens with zero attached hydrogens (tertiary/aromatic N) is 2. The first-order valence-corrected chi connectivity index (χ1v) is 4.88. The van der Waals surface area contributed by atoms with Crippen LogP contribution in [-0.4, -0.2) is 23.0 Å². The van der Waals surface area contributed by atoms with Crippen LogP contribution in [0.2, 0.25) is 0 Å². The van der Waals surface area contributed by atoms with E-state index in [0.717, 1.165) is 6.54 Å². The van der Waals surface area contributed by atoms with Gasteiger partial charge in [0.25, 0.3) is 0 Å². The highest BCUT2D eigenvalue weighted by Crippen LogP contribution is 2.11. The lowest BCUT2D eigenvalue weighted by Crippen LogP contribution is -2.29. The van der Waals surface area contributed by atoms with Crippen LogP contribution in [0.1, 0.15) is 18.4 Å². The Bertz CT molecular complexity index is 240. The van der Waals surface area contributed by atoms with Crippen LogP contribution in [0, 0.1) is 6.42 Å². The molecule has 2 heterocycles. The molecule has 1 aromatic rings. The van der Waals surface area contributed by atoms with Crippen LogP contribution in [0.3, 0.4) is 0 Å². The SMILES string of the molecule is [CH]1CCN(Cc2ccncc2)CC1. The van der Waals surface area contributed by atoms with E-state index in [9.17, 15) is 0 Å². The van der Waals surface area contributed by atoms with E-state index in [1.54, 1.807) is 0 Å². The topological polar surface area (TPSA) is 16.1 Å². The number of aromatic nitrogens is 1. The Morgan fingerprint density at radius 3 is 2.54 bits per heavy atom. The lowest BCUT2D eigenvalue weighted by molar-refractivity contribution is 0.246. The number of rotatable bonds is 2. The summed E-state index contributed by atoms with van der Waals surface area (Å²) < 4.78 is 0. The Hall–Kier alpha value is -0.890. The molecule has 0 N–H and O–H groups in total. The minimum Gasteiger partial charge on any atom is -0.299 e. The Morgan fingerprint density at radius 1 is 1.15 bits per heavy atom. The van der Waals surface area contributed by atoms with Crippen LogP contribution in [0.5, 0.6) is 0 Å². The third-order valence-electron chi connectivity index (χ3n) is 2.45. The molecule has 1 fully saturated rings. The van der Waals surface area contributed by atoms with Crippen LogP contribution in [0.25, 0.3) is 0 Å².